The predicted molar refractivity (Wildman–Crippen MR) is 116 cm³/mol. The molecule has 1 aromatic rings. The molecule has 0 fully saturated rings. The molecule has 0 aliphatic heterocycles. The van der Waals surface area contributed by atoms with Crippen LogP contribution in [0, 0.1) is 0 Å². The lowest BCUT2D eigenvalue weighted by Gasteiger charge is -2.28. The number of aryl methyl sites for hydroxylation is 1. The lowest BCUT2D eigenvalue weighted by molar-refractivity contribution is -0.121. The quantitative estimate of drug-likeness (QED) is 0.298. The van der Waals surface area contributed by atoms with Crippen LogP contribution in [0.3, 0.4) is 0 Å². The van der Waals surface area contributed by atoms with Gasteiger partial charge in [0.2, 0.25) is 5.91 Å². The van der Waals surface area contributed by atoms with Gasteiger partial charge in [0, 0.05) is 38.8 Å². The number of rotatable bonds is 17. The molecule has 0 bridgehead atoms. The lowest BCUT2D eigenvalue weighted by Crippen LogP contribution is -2.46. The second kappa shape index (κ2) is 15.7. The van der Waals surface area contributed by atoms with Crippen LogP contribution in [-0.2, 0) is 24.5 Å². The highest BCUT2D eigenvalue weighted by molar-refractivity contribution is 6.60. The van der Waals surface area contributed by atoms with E-state index < -0.39 is 8.80 Å². The summed E-state index contributed by atoms with van der Waals surface area (Å²) in [6.45, 7) is 8.29. The third kappa shape index (κ3) is 11.0. The zero-order valence-corrected chi connectivity index (χ0v) is 19.0. The van der Waals surface area contributed by atoms with E-state index in [0.29, 0.717) is 32.8 Å². The summed E-state index contributed by atoms with van der Waals surface area (Å²) < 4.78 is 17.5. The summed E-state index contributed by atoms with van der Waals surface area (Å²) >= 11 is 0. The number of unbranched alkanes of at least 4 members (excludes halogenated alkanes) is 3. The maximum Gasteiger partial charge on any atom is 0.500 e. The highest BCUT2D eigenvalue weighted by atomic mass is 28.4. The van der Waals surface area contributed by atoms with Gasteiger partial charge in [-0.25, -0.2) is 0 Å². The molecular weight excluding hydrogens is 370 g/mol. The van der Waals surface area contributed by atoms with E-state index in [0.717, 1.165) is 31.7 Å². The molecule has 0 aromatic heterocycles. The number of nitrogens with one attached hydrogen (secondary N) is 1. The molecule has 1 rings (SSSR count). The third-order valence-electron chi connectivity index (χ3n) is 4.54. The monoisotopic (exact) mass is 409 g/mol. The van der Waals surface area contributed by atoms with Crippen LogP contribution < -0.4 is 5.32 Å². The predicted octanol–water partition coefficient (Wildman–Crippen LogP) is 4.73. The van der Waals surface area contributed by atoms with E-state index in [-0.39, 0.29) is 5.91 Å². The molecule has 0 unspecified atom stereocenters. The minimum absolute atomic E-state index is 0.138. The van der Waals surface area contributed by atoms with Crippen molar-refractivity contribution in [3.05, 3.63) is 35.9 Å². The zero-order chi connectivity index (χ0) is 20.5. The van der Waals surface area contributed by atoms with Crippen molar-refractivity contribution in [3.63, 3.8) is 0 Å². The minimum Gasteiger partial charge on any atom is -0.374 e. The minimum atomic E-state index is -2.59. The fourth-order valence-electron chi connectivity index (χ4n) is 3.24. The van der Waals surface area contributed by atoms with Crippen molar-refractivity contribution in [2.75, 3.05) is 26.4 Å². The highest BCUT2D eigenvalue weighted by Crippen LogP contribution is 2.17. The summed E-state index contributed by atoms with van der Waals surface area (Å²) in [5, 5.41) is 3.01. The summed E-state index contributed by atoms with van der Waals surface area (Å²) in [5.41, 5.74) is 1.39. The van der Waals surface area contributed by atoms with Gasteiger partial charge in [0.05, 0.1) is 0 Å². The maximum absolute atomic E-state index is 12.0. The maximum atomic E-state index is 12.0. The Labute approximate surface area is 172 Å². The first-order chi connectivity index (χ1) is 13.7. The Balaban J connectivity index is 2.10. The molecule has 0 heterocycles. The molecule has 5 nitrogen and oxygen atoms in total. The molecule has 1 N–H and O–H groups in total. The van der Waals surface area contributed by atoms with Crippen LogP contribution in [0.2, 0.25) is 6.04 Å². The van der Waals surface area contributed by atoms with Crippen molar-refractivity contribution in [1.29, 1.82) is 0 Å². The average Bonchev–Trinajstić information content (AvgIpc) is 2.69. The molecular formula is C22H39NO4Si. The summed E-state index contributed by atoms with van der Waals surface area (Å²) in [4.78, 5) is 12.0. The molecule has 1 amide bonds. The van der Waals surface area contributed by atoms with Gasteiger partial charge in [-0.3, -0.25) is 4.79 Å². The highest BCUT2D eigenvalue weighted by Gasteiger charge is 2.39. The van der Waals surface area contributed by atoms with Crippen molar-refractivity contribution < 1.29 is 18.1 Å². The summed E-state index contributed by atoms with van der Waals surface area (Å²) in [5.74, 6) is 0.138. The summed E-state index contributed by atoms with van der Waals surface area (Å²) in [7, 11) is -2.59. The van der Waals surface area contributed by atoms with E-state index in [2.05, 4.69) is 35.6 Å². The smallest absolute Gasteiger partial charge is 0.374 e. The molecule has 0 saturated carbocycles. The molecule has 160 valence electrons. The third-order valence-corrected chi connectivity index (χ3v) is 7.69. The Morgan fingerprint density at radius 2 is 1.46 bits per heavy atom. The Morgan fingerprint density at radius 3 is 2.07 bits per heavy atom. The van der Waals surface area contributed by atoms with Gasteiger partial charge >= 0.3 is 8.80 Å². The first-order valence-corrected chi connectivity index (χ1v) is 12.8. The number of carbonyl (C=O) groups is 1. The normalized spacial score (nSPS) is 11.5. The molecule has 0 saturated heterocycles. The SMILES string of the molecule is CCO[Si](CCCNC(=O)CCCCCCc1ccccc1)(OCC)OCC. The zero-order valence-electron chi connectivity index (χ0n) is 18.0. The van der Waals surface area contributed by atoms with Crippen molar-refractivity contribution in [3.8, 4) is 0 Å². The number of hydrogen-bond donors (Lipinski definition) is 1. The topological polar surface area (TPSA) is 56.8 Å². The van der Waals surface area contributed by atoms with Crippen molar-refractivity contribution >= 4 is 14.7 Å². The van der Waals surface area contributed by atoms with Crippen LogP contribution in [0.25, 0.3) is 0 Å². The Kier molecular flexibility index (Phi) is 13.9. The first-order valence-electron chi connectivity index (χ1n) is 10.9. The summed E-state index contributed by atoms with van der Waals surface area (Å²) in [6, 6.07) is 11.3. The van der Waals surface area contributed by atoms with Crippen LogP contribution in [0.1, 0.15) is 64.9 Å². The second-order valence-electron chi connectivity index (χ2n) is 6.84. The summed E-state index contributed by atoms with van der Waals surface area (Å²) in [6.07, 6.45) is 6.97. The average molecular weight is 410 g/mol. The van der Waals surface area contributed by atoms with Crippen LogP contribution in [0.4, 0.5) is 0 Å². The van der Waals surface area contributed by atoms with Gasteiger partial charge in [-0.1, -0.05) is 43.2 Å². The van der Waals surface area contributed by atoms with Gasteiger partial charge < -0.3 is 18.6 Å². The van der Waals surface area contributed by atoms with Crippen LogP contribution in [0.5, 0.6) is 0 Å². The van der Waals surface area contributed by atoms with Gasteiger partial charge in [-0.2, -0.15) is 0 Å². The molecule has 0 spiro atoms. The number of amides is 1. The molecule has 0 aliphatic rings. The van der Waals surface area contributed by atoms with E-state index in [1.807, 2.05) is 20.8 Å². The molecule has 1 aromatic carbocycles. The lowest BCUT2D eigenvalue weighted by atomic mass is 10.1. The first kappa shape index (κ1) is 24.8. The number of carbonyl (C=O) groups excluding carboxylic acids is 1. The molecule has 28 heavy (non-hydrogen) atoms. The van der Waals surface area contributed by atoms with Crippen molar-refractivity contribution in [2.24, 2.45) is 0 Å². The van der Waals surface area contributed by atoms with E-state index in [1.54, 1.807) is 0 Å². The van der Waals surface area contributed by atoms with E-state index in [4.69, 9.17) is 13.3 Å². The van der Waals surface area contributed by atoms with Crippen LogP contribution >= 0.6 is 0 Å². The van der Waals surface area contributed by atoms with Crippen LogP contribution in [0.15, 0.2) is 30.3 Å². The largest absolute Gasteiger partial charge is 0.500 e. The second-order valence-corrected chi connectivity index (χ2v) is 9.57. The Bertz CT molecular complexity index is 495. The fraction of sp³-hybridized carbons (Fsp3) is 0.682. The standard InChI is InChI=1S/C22H39NO4Si/c1-4-25-28(26-5-2,27-6-3)20-14-19-23-22(24)18-13-8-7-10-15-21-16-11-9-12-17-21/h9,11-12,16-17H,4-8,10,13-15,18-20H2,1-3H3,(H,23,24). The molecule has 0 radical (unpaired) electrons. The van der Waals surface area contributed by atoms with Crippen molar-refractivity contribution in [1.82, 2.24) is 5.32 Å². The molecule has 6 heteroatoms. The number of benzene rings is 1. The van der Waals surface area contributed by atoms with Gasteiger partial charge in [0.15, 0.2) is 0 Å². The van der Waals surface area contributed by atoms with E-state index in [9.17, 15) is 4.79 Å². The van der Waals surface area contributed by atoms with Crippen molar-refractivity contribution in [2.45, 2.75) is 71.8 Å². The molecule has 0 aliphatic carbocycles. The number of hydrogen-bond acceptors (Lipinski definition) is 4. The Hall–Kier alpha value is -1.21. The van der Waals surface area contributed by atoms with E-state index >= 15 is 0 Å². The molecule has 0 atom stereocenters. The van der Waals surface area contributed by atoms with Gasteiger partial charge in [0.25, 0.3) is 0 Å². The van der Waals surface area contributed by atoms with Crippen LogP contribution in [-0.4, -0.2) is 41.1 Å². The fourth-order valence-corrected chi connectivity index (χ4v) is 5.85. The van der Waals surface area contributed by atoms with E-state index in [1.165, 1.54) is 18.4 Å². The Morgan fingerprint density at radius 1 is 0.857 bits per heavy atom. The van der Waals surface area contributed by atoms with Gasteiger partial charge in [-0.05, 0) is 52.0 Å². The van der Waals surface area contributed by atoms with Gasteiger partial charge in [0.1, 0.15) is 0 Å². The van der Waals surface area contributed by atoms with Gasteiger partial charge in [-0.15, -0.1) is 0 Å².